The van der Waals surface area contributed by atoms with Crippen molar-refractivity contribution >= 4 is 17.4 Å². The number of aromatic nitrogens is 4. The molecule has 1 saturated carbocycles. The van der Waals surface area contributed by atoms with Crippen LogP contribution in [0.25, 0.3) is 17.3 Å². The highest BCUT2D eigenvalue weighted by Gasteiger charge is 2.35. The summed E-state index contributed by atoms with van der Waals surface area (Å²) in [6.07, 6.45) is 7.84. The van der Waals surface area contributed by atoms with Crippen LogP contribution in [0.2, 0.25) is 0 Å². The van der Waals surface area contributed by atoms with Crippen LogP contribution in [0.1, 0.15) is 19.3 Å². The van der Waals surface area contributed by atoms with E-state index in [9.17, 15) is 13.6 Å². The summed E-state index contributed by atoms with van der Waals surface area (Å²) in [6, 6.07) is 4.23. The summed E-state index contributed by atoms with van der Waals surface area (Å²) in [6.45, 7) is 0.264. The highest BCUT2D eigenvalue weighted by Crippen LogP contribution is 2.37. The minimum atomic E-state index is -0.973. The van der Waals surface area contributed by atoms with Gasteiger partial charge in [0.05, 0.1) is 18.3 Å². The summed E-state index contributed by atoms with van der Waals surface area (Å²) in [4.78, 5) is 29.2. The Bertz CT molecular complexity index is 1110. The number of carbonyl (C=O) groups excluding carboxylic acids is 1. The monoisotopic (exact) mass is 396 g/mol. The van der Waals surface area contributed by atoms with E-state index in [0.29, 0.717) is 11.5 Å². The molecule has 5 rings (SSSR count). The Kier molecular flexibility index (Phi) is 4.04. The number of anilines is 2. The Hall–Kier alpha value is -3.36. The number of halogens is 2. The van der Waals surface area contributed by atoms with Gasteiger partial charge < -0.3 is 9.80 Å². The molecule has 0 bridgehead atoms. The molecule has 9 heteroatoms. The summed E-state index contributed by atoms with van der Waals surface area (Å²) in [5, 5.41) is 0. The normalized spacial score (nSPS) is 16.7. The number of amides is 1. The average molecular weight is 396 g/mol. The average Bonchev–Trinajstić information content (AvgIpc) is 3.16. The lowest BCUT2D eigenvalue weighted by atomic mass is 9.91. The lowest BCUT2D eigenvalue weighted by Crippen LogP contribution is -2.51. The van der Waals surface area contributed by atoms with Crippen molar-refractivity contribution in [1.82, 2.24) is 19.5 Å². The lowest BCUT2D eigenvalue weighted by molar-refractivity contribution is -0.117. The first-order chi connectivity index (χ1) is 14.0. The molecule has 1 aliphatic heterocycles. The van der Waals surface area contributed by atoms with Gasteiger partial charge in [-0.2, -0.15) is 4.98 Å². The van der Waals surface area contributed by atoms with Gasteiger partial charge in [-0.3, -0.25) is 9.36 Å². The summed E-state index contributed by atoms with van der Waals surface area (Å²) >= 11 is 0. The van der Waals surface area contributed by atoms with Crippen molar-refractivity contribution in [3.05, 3.63) is 48.4 Å². The SMILES string of the molecule is CN1C(=O)CN(C2CCC2)c2nc(-n3ccnc3-c3cccc(F)c3F)ncc21. The second-order valence-electron chi connectivity index (χ2n) is 7.27. The number of rotatable bonds is 3. The fourth-order valence-corrected chi connectivity index (χ4v) is 3.72. The van der Waals surface area contributed by atoms with Crippen molar-refractivity contribution < 1.29 is 13.6 Å². The maximum Gasteiger partial charge on any atom is 0.246 e. The Morgan fingerprint density at radius 2 is 2.00 bits per heavy atom. The van der Waals surface area contributed by atoms with Crippen LogP contribution in [0.15, 0.2) is 36.8 Å². The van der Waals surface area contributed by atoms with E-state index in [0.717, 1.165) is 25.3 Å². The smallest absolute Gasteiger partial charge is 0.246 e. The van der Waals surface area contributed by atoms with Crippen LogP contribution in [-0.4, -0.2) is 45.1 Å². The highest BCUT2D eigenvalue weighted by molar-refractivity contribution is 6.02. The van der Waals surface area contributed by atoms with Gasteiger partial charge in [-0.25, -0.2) is 18.7 Å². The molecule has 0 radical (unpaired) electrons. The molecule has 29 heavy (non-hydrogen) atoms. The quantitative estimate of drug-likeness (QED) is 0.681. The van der Waals surface area contributed by atoms with Gasteiger partial charge >= 0.3 is 0 Å². The van der Waals surface area contributed by atoms with Crippen molar-refractivity contribution in [2.24, 2.45) is 0 Å². The Morgan fingerprint density at radius 1 is 1.17 bits per heavy atom. The molecular weight excluding hydrogens is 378 g/mol. The summed E-state index contributed by atoms with van der Waals surface area (Å²) in [7, 11) is 1.70. The van der Waals surface area contributed by atoms with Gasteiger partial charge in [0, 0.05) is 25.5 Å². The molecule has 2 aromatic heterocycles. The molecule has 0 N–H and O–H groups in total. The van der Waals surface area contributed by atoms with E-state index >= 15 is 0 Å². The van der Waals surface area contributed by atoms with Crippen molar-refractivity contribution in [1.29, 1.82) is 0 Å². The zero-order chi connectivity index (χ0) is 20.1. The van der Waals surface area contributed by atoms with E-state index in [1.807, 2.05) is 4.90 Å². The molecule has 7 nitrogen and oxygen atoms in total. The van der Waals surface area contributed by atoms with Crippen LogP contribution in [0.5, 0.6) is 0 Å². The third-order valence-corrected chi connectivity index (χ3v) is 5.61. The molecule has 3 aromatic rings. The van der Waals surface area contributed by atoms with E-state index in [1.54, 1.807) is 24.3 Å². The summed E-state index contributed by atoms with van der Waals surface area (Å²) in [5.74, 6) is -0.768. The molecule has 148 valence electrons. The number of hydrogen-bond donors (Lipinski definition) is 0. The Morgan fingerprint density at radius 3 is 2.76 bits per heavy atom. The first kappa shape index (κ1) is 17.7. The van der Waals surface area contributed by atoms with E-state index in [4.69, 9.17) is 4.98 Å². The minimum Gasteiger partial charge on any atom is -0.342 e. The summed E-state index contributed by atoms with van der Waals surface area (Å²) in [5.41, 5.74) is 0.662. The van der Waals surface area contributed by atoms with Crippen LogP contribution in [0, 0.1) is 11.6 Å². The van der Waals surface area contributed by atoms with Crippen molar-refractivity contribution in [3.63, 3.8) is 0 Å². The zero-order valence-corrected chi connectivity index (χ0v) is 15.7. The zero-order valence-electron chi connectivity index (χ0n) is 15.7. The first-order valence-corrected chi connectivity index (χ1v) is 9.43. The van der Waals surface area contributed by atoms with Gasteiger partial charge in [-0.1, -0.05) is 6.07 Å². The topological polar surface area (TPSA) is 67.2 Å². The van der Waals surface area contributed by atoms with Crippen LogP contribution in [0.3, 0.4) is 0 Å². The van der Waals surface area contributed by atoms with Crippen molar-refractivity contribution in [2.45, 2.75) is 25.3 Å². The molecular formula is C20H18F2N6O. The maximum absolute atomic E-state index is 14.3. The molecule has 1 fully saturated rings. The predicted molar refractivity (Wildman–Crippen MR) is 103 cm³/mol. The standard InChI is InChI=1S/C20H18F2N6O/c1-26-15-10-24-20(25-19(15)28(11-16(26)29)12-4-2-5-12)27-9-8-23-18(27)13-6-3-7-14(21)17(13)22/h3,6-10,12H,2,4-5,11H2,1H3. The van der Waals surface area contributed by atoms with Crippen LogP contribution in [0.4, 0.5) is 20.3 Å². The van der Waals surface area contributed by atoms with Crippen molar-refractivity contribution in [2.75, 3.05) is 23.4 Å². The number of carbonyl (C=O) groups is 1. The lowest BCUT2D eigenvalue weighted by Gasteiger charge is -2.42. The number of hydrogen-bond acceptors (Lipinski definition) is 5. The molecule has 1 amide bonds. The van der Waals surface area contributed by atoms with Crippen LogP contribution < -0.4 is 9.80 Å². The number of likely N-dealkylation sites (N-methyl/N-ethyl adjacent to an activating group) is 1. The Balaban J connectivity index is 1.62. The van der Waals surface area contributed by atoms with E-state index in [2.05, 4.69) is 9.97 Å². The van der Waals surface area contributed by atoms with Gasteiger partial charge in [0.2, 0.25) is 11.9 Å². The molecule has 0 saturated heterocycles. The number of nitrogens with zero attached hydrogens (tertiary/aromatic N) is 6. The van der Waals surface area contributed by atoms with Crippen LogP contribution in [-0.2, 0) is 4.79 Å². The molecule has 2 aliphatic rings. The van der Waals surface area contributed by atoms with Crippen molar-refractivity contribution in [3.8, 4) is 17.3 Å². The van der Waals surface area contributed by atoms with Gasteiger partial charge in [0.1, 0.15) is 11.5 Å². The largest absolute Gasteiger partial charge is 0.342 e. The van der Waals surface area contributed by atoms with E-state index in [1.165, 1.54) is 22.9 Å². The summed E-state index contributed by atoms with van der Waals surface area (Å²) < 4.78 is 29.6. The molecule has 0 unspecified atom stereocenters. The molecule has 1 aromatic carbocycles. The Labute approximate surface area is 165 Å². The fourth-order valence-electron chi connectivity index (χ4n) is 3.72. The fraction of sp³-hybridized carbons (Fsp3) is 0.300. The molecule has 1 aliphatic carbocycles. The molecule has 0 atom stereocenters. The maximum atomic E-state index is 14.3. The van der Waals surface area contributed by atoms with Gasteiger partial charge in [-0.05, 0) is 31.4 Å². The number of fused-ring (bicyclic) bond motifs is 1. The third-order valence-electron chi connectivity index (χ3n) is 5.61. The highest BCUT2D eigenvalue weighted by atomic mass is 19.2. The van der Waals surface area contributed by atoms with Gasteiger partial charge in [0.15, 0.2) is 17.5 Å². The minimum absolute atomic E-state index is 0.00842. The second kappa shape index (κ2) is 6.61. The van der Waals surface area contributed by atoms with E-state index in [-0.39, 0.29) is 35.8 Å². The third kappa shape index (κ3) is 2.76. The molecule has 3 heterocycles. The predicted octanol–water partition coefficient (Wildman–Crippen LogP) is 2.94. The first-order valence-electron chi connectivity index (χ1n) is 9.43. The number of benzene rings is 1. The van der Waals surface area contributed by atoms with Gasteiger partial charge in [-0.15, -0.1) is 0 Å². The molecule has 0 spiro atoms. The van der Waals surface area contributed by atoms with Gasteiger partial charge in [0.25, 0.3) is 0 Å². The van der Waals surface area contributed by atoms with Crippen LogP contribution >= 0.6 is 0 Å². The second-order valence-corrected chi connectivity index (χ2v) is 7.27. The van der Waals surface area contributed by atoms with E-state index < -0.39 is 11.6 Å². The number of imidazole rings is 1.